The van der Waals surface area contributed by atoms with E-state index in [1.54, 1.807) is 6.20 Å². The zero-order chi connectivity index (χ0) is 12.3. The first-order valence-electron chi connectivity index (χ1n) is 6.17. The molecule has 0 spiro atoms. The summed E-state index contributed by atoms with van der Waals surface area (Å²) in [4.78, 5) is 18.6. The van der Waals surface area contributed by atoms with Crippen molar-refractivity contribution in [1.29, 1.82) is 0 Å². The van der Waals surface area contributed by atoms with Crippen molar-refractivity contribution < 1.29 is 4.79 Å². The van der Waals surface area contributed by atoms with E-state index in [0.29, 0.717) is 6.04 Å². The second-order valence-electron chi connectivity index (χ2n) is 4.45. The number of carbonyl (C=O) groups is 1. The van der Waals surface area contributed by atoms with Crippen LogP contribution in [0, 0.1) is 6.92 Å². The molecule has 0 radical (unpaired) electrons. The quantitative estimate of drug-likeness (QED) is 0.850. The van der Waals surface area contributed by atoms with Crippen LogP contribution in [-0.4, -0.2) is 41.5 Å². The highest BCUT2D eigenvalue weighted by Crippen LogP contribution is 2.13. The maximum atomic E-state index is 12.4. The minimum atomic E-state index is 0.115. The molecule has 92 valence electrons. The lowest BCUT2D eigenvalue weighted by atomic mass is 10.1. The molecule has 1 amide bonds. The number of pyridine rings is 1. The lowest BCUT2D eigenvalue weighted by Crippen LogP contribution is -2.59. The summed E-state index contributed by atoms with van der Waals surface area (Å²) in [5.41, 5.74) is 1.54. The van der Waals surface area contributed by atoms with Crippen molar-refractivity contribution in [2.24, 2.45) is 0 Å². The molecule has 2 rings (SSSR count). The molecule has 1 aromatic rings. The van der Waals surface area contributed by atoms with E-state index >= 15 is 0 Å². The molecule has 1 aliphatic rings. The maximum Gasteiger partial charge on any atom is 0.256 e. The van der Waals surface area contributed by atoms with Crippen LogP contribution in [0.1, 0.15) is 29.4 Å². The van der Waals surface area contributed by atoms with Gasteiger partial charge in [-0.2, -0.15) is 0 Å². The number of hydrogen-bond acceptors (Lipinski definition) is 3. The fourth-order valence-electron chi connectivity index (χ4n) is 2.05. The van der Waals surface area contributed by atoms with Gasteiger partial charge in [0.25, 0.3) is 5.91 Å². The summed E-state index contributed by atoms with van der Waals surface area (Å²) in [6.45, 7) is 6.62. The van der Waals surface area contributed by atoms with Gasteiger partial charge in [-0.3, -0.25) is 9.78 Å². The van der Waals surface area contributed by atoms with Crippen LogP contribution in [-0.2, 0) is 0 Å². The molecule has 0 aromatic carbocycles. The third-order valence-electron chi connectivity index (χ3n) is 3.16. The van der Waals surface area contributed by atoms with Gasteiger partial charge in [0.2, 0.25) is 0 Å². The van der Waals surface area contributed by atoms with Crippen molar-refractivity contribution in [2.75, 3.05) is 19.6 Å². The van der Waals surface area contributed by atoms with Gasteiger partial charge >= 0.3 is 0 Å². The van der Waals surface area contributed by atoms with Crippen LogP contribution in [0.15, 0.2) is 18.3 Å². The van der Waals surface area contributed by atoms with Crippen LogP contribution in [0.2, 0.25) is 0 Å². The van der Waals surface area contributed by atoms with Crippen molar-refractivity contribution in [3.63, 3.8) is 0 Å². The number of nitrogens with one attached hydrogen (secondary N) is 1. The van der Waals surface area contributed by atoms with E-state index in [1.165, 1.54) is 0 Å². The molecule has 0 aliphatic carbocycles. The van der Waals surface area contributed by atoms with E-state index < -0.39 is 0 Å². The van der Waals surface area contributed by atoms with Crippen molar-refractivity contribution >= 4 is 5.91 Å². The Balaban J connectivity index is 2.18. The van der Waals surface area contributed by atoms with Crippen molar-refractivity contribution in [3.8, 4) is 0 Å². The van der Waals surface area contributed by atoms with Crippen molar-refractivity contribution in [1.82, 2.24) is 15.2 Å². The summed E-state index contributed by atoms with van der Waals surface area (Å²) in [5.74, 6) is 0.115. The van der Waals surface area contributed by atoms with Crippen LogP contribution in [0.3, 0.4) is 0 Å². The second-order valence-corrected chi connectivity index (χ2v) is 4.45. The molecule has 4 heteroatoms. The molecule has 17 heavy (non-hydrogen) atoms. The third kappa shape index (κ3) is 2.47. The molecule has 2 heterocycles. The fourth-order valence-corrected chi connectivity index (χ4v) is 2.05. The Bertz CT molecular complexity index is 401. The van der Waals surface area contributed by atoms with Gasteiger partial charge in [0.1, 0.15) is 0 Å². The first-order valence-corrected chi connectivity index (χ1v) is 6.17. The largest absolute Gasteiger partial charge is 0.333 e. The van der Waals surface area contributed by atoms with Gasteiger partial charge in [0.15, 0.2) is 0 Å². The second kappa shape index (κ2) is 5.27. The number of nitrogens with zero attached hydrogens (tertiary/aromatic N) is 2. The monoisotopic (exact) mass is 233 g/mol. The first-order chi connectivity index (χ1) is 8.24. The standard InChI is InChI=1S/C13H19N3O/c1-3-7-16(11-8-14-9-11)13(17)12-5-4-6-15-10(12)2/h4-6,11,14H,3,7-9H2,1-2H3. The lowest BCUT2D eigenvalue weighted by molar-refractivity contribution is 0.0614. The number of hydrogen-bond donors (Lipinski definition) is 1. The summed E-state index contributed by atoms with van der Waals surface area (Å²) in [7, 11) is 0. The van der Waals surface area contributed by atoms with E-state index in [0.717, 1.165) is 37.3 Å². The van der Waals surface area contributed by atoms with Gasteiger partial charge in [0, 0.05) is 31.5 Å². The highest BCUT2D eigenvalue weighted by molar-refractivity contribution is 5.95. The predicted molar refractivity (Wildman–Crippen MR) is 67.0 cm³/mol. The zero-order valence-corrected chi connectivity index (χ0v) is 10.4. The highest BCUT2D eigenvalue weighted by atomic mass is 16.2. The van der Waals surface area contributed by atoms with Crippen LogP contribution >= 0.6 is 0 Å². The molecule has 1 fully saturated rings. The topological polar surface area (TPSA) is 45.2 Å². The SMILES string of the molecule is CCCN(C(=O)c1cccnc1C)C1CNC1. The Morgan fingerprint density at radius 2 is 2.35 bits per heavy atom. The Morgan fingerprint density at radius 1 is 1.59 bits per heavy atom. The average molecular weight is 233 g/mol. The summed E-state index contributed by atoms with van der Waals surface area (Å²) >= 11 is 0. The molecule has 1 N–H and O–H groups in total. The number of amides is 1. The van der Waals surface area contributed by atoms with E-state index in [4.69, 9.17) is 0 Å². The molecular formula is C13H19N3O. The van der Waals surface area contributed by atoms with Gasteiger partial charge in [-0.1, -0.05) is 6.92 Å². The molecule has 1 saturated heterocycles. The van der Waals surface area contributed by atoms with E-state index in [-0.39, 0.29) is 5.91 Å². The molecule has 0 atom stereocenters. The van der Waals surface area contributed by atoms with E-state index in [2.05, 4.69) is 17.2 Å². The van der Waals surface area contributed by atoms with Crippen molar-refractivity contribution in [2.45, 2.75) is 26.3 Å². The average Bonchev–Trinajstić information content (AvgIpc) is 2.26. The third-order valence-corrected chi connectivity index (χ3v) is 3.16. The molecule has 0 saturated carbocycles. The molecule has 0 bridgehead atoms. The normalized spacial score (nSPS) is 15.4. The van der Waals surface area contributed by atoms with Gasteiger partial charge in [-0.25, -0.2) is 0 Å². The summed E-state index contributed by atoms with van der Waals surface area (Å²) < 4.78 is 0. The van der Waals surface area contributed by atoms with Gasteiger partial charge in [-0.05, 0) is 25.5 Å². The predicted octanol–water partition coefficient (Wildman–Crippen LogP) is 1.21. The van der Waals surface area contributed by atoms with Crippen LogP contribution in [0.5, 0.6) is 0 Å². The van der Waals surface area contributed by atoms with E-state index in [1.807, 2.05) is 24.0 Å². The summed E-state index contributed by atoms with van der Waals surface area (Å²) in [6, 6.07) is 4.03. The number of carbonyl (C=O) groups excluding carboxylic acids is 1. The first kappa shape index (κ1) is 12.0. The number of aryl methyl sites for hydroxylation is 1. The van der Waals surface area contributed by atoms with Crippen molar-refractivity contribution in [3.05, 3.63) is 29.6 Å². The highest BCUT2D eigenvalue weighted by Gasteiger charge is 2.29. The Morgan fingerprint density at radius 3 is 2.88 bits per heavy atom. The summed E-state index contributed by atoms with van der Waals surface area (Å²) in [5, 5.41) is 3.21. The Labute approximate surface area is 102 Å². The fraction of sp³-hybridized carbons (Fsp3) is 0.538. The molecular weight excluding hydrogens is 214 g/mol. The van der Waals surface area contributed by atoms with Gasteiger partial charge in [-0.15, -0.1) is 0 Å². The molecule has 0 unspecified atom stereocenters. The Kier molecular flexibility index (Phi) is 3.74. The van der Waals surface area contributed by atoms with Crippen LogP contribution < -0.4 is 5.32 Å². The van der Waals surface area contributed by atoms with Gasteiger partial charge in [0.05, 0.1) is 11.6 Å². The minimum absolute atomic E-state index is 0.115. The zero-order valence-electron chi connectivity index (χ0n) is 10.4. The Hall–Kier alpha value is -1.42. The summed E-state index contributed by atoms with van der Waals surface area (Å²) in [6.07, 6.45) is 2.71. The van der Waals surface area contributed by atoms with E-state index in [9.17, 15) is 4.79 Å². The van der Waals surface area contributed by atoms with Crippen LogP contribution in [0.4, 0.5) is 0 Å². The maximum absolute atomic E-state index is 12.4. The van der Waals surface area contributed by atoms with Crippen LogP contribution in [0.25, 0.3) is 0 Å². The molecule has 1 aromatic heterocycles. The minimum Gasteiger partial charge on any atom is -0.333 e. The molecule has 1 aliphatic heterocycles. The number of aromatic nitrogens is 1. The lowest BCUT2D eigenvalue weighted by Gasteiger charge is -2.38. The number of rotatable bonds is 4. The van der Waals surface area contributed by atoms with Gasteiger partial charge < -0.3 is 10.2 Å². The molecule has 4 nitrogen and oxygen atoms in total. The smallest absolute Gasteiger partial charge is 0.256 e.